The molecule has 0 radical (unpaired) electrons. The maximum atomic E-state index is 11.7. The van der Waals surface area contributed by atoms with Gasteiger partial charge in [-0.05, 0) is 45.7 Å². The average molecular weight is 314 g/mol. The van der Waals surface area contributed by atoms with Crippen LogP contribution in [0.15, 0.2) is 54.6 Å². The summed E-state index contributed by atoms with van der Waals surface area (Å²) in [6.45, 7) is 0. The largest absolute Gasteiger partial charge is 0.345 e. The summed E-state index contributed by atoms with van der Waals surface area (Å²) < 4.78 is 11.1. The minimum atomic E-state index is -3.61. The van der Waals surface area contributed by atoms with Crippen LogP contribution < -0.4 is 5.09 Å². The Morgan fingerprint density at radius 2 is 1.42 bits per heavy atom. The fourth-order valence-corrected chi connectivity index (χ4v) is 2.45. The number of amides is 1. The second-order valence-corrected chi connectivity index (χ2v) is 8.37. The first-order valence-electron chi connectivity index (χ1n) is 5.43. The number of nitrogens with one attached hydrogen (secondary N) is 1. The van der Waals surface area contributed by atoms with Crippen LogP contribution in [-0.2, 0) is 4.57 Å². The van der Waals surface area contributed by atoms with Gasteiger partial charge in [-0.1, -0.05) is 42.5 Å². The summed E-state index contributed by atoms with van der Waals surface area (Å²) in [6.07, 6.45) is 0. The zero-order valence-corrected chi connectivity index (χ0v) is 12.1. The lowest BCUT2D eigenvalue weighted by molar-refractivity contribution is 0.0982. The molecular formula is C13H10Cl2NO2P. The number of hydrogen-bond donors (Lipinski definition) is 1. The molecule has 6 heteroatoms. The fourth-order valence-electron chi connectivity index (χ4n) is 1.63. The molecule has 0 atom stereocenters. The van der Waals surface area contributed by atoms with Crippen molar-refractivity contribution < 1.29 is 9.36 Å². The van der Waals surface area contributed by atoms with Gasteiger partial charge in [0.05, 0.1) is 0 Å². The average Bonchev–Trinajstić information content (AvgIpc) is 2.38. The lowest BCUT2D eigenvalue weighted by Gasteiger charge is -2.06. The highest BCUT2D eigenvalue weighted by Gasteiger charge is 2.18. The second kappa shape index (κ2) is 5.79. The van der Waals surface area contributed by atoms with Crippen LogP contribution in [0.4, 0.5) is 0 Å². The number of halogens is 2. The van der Waals surface area contributed by atoms with E-state index in [0.29, 0.717) is 5.56 Å². The van der Waals surface area contributed by atoms with Crippen LogP contribution in [-0.4, -0.2) is 5.91 Å². The van der Waals surface area contributed by atoms with E-state index >= 15 is 0 Å². The van der Waals surface area contributed by atoms with Crippen LogP contribution in [0.2, 0.25) is 0 Å². The van der Waals surface area contributed by atoms with Crippen LogP contribution in [0.3, 0.4) is 0 Å². The molecule has 0 aliphatic carbocycles. The van der Waals surface area contributed by atoms with Crippen molar-refractivity contribution in [2.75, 3.05) is 0 Å². The van der Waals surface area contributed by atoms with Crippen LogP contribution in [0.25, 0.3) is 11.1 Å². The quantitative estimate of drug-likeness (QED) is 0.837. The van der Waals surface area contributed by atoms with E-state index in [1.807, 2.05) is 35.4 Å². The van der Waals surface area contributed by atoms with Gasteiger partial charge in [0.2, 0.25) is 0 Å². The third kappa shape index (κ3) is 4.10. The van der Waals surface area contributed by atoms with E-state index < -0.39 is 11.9 Å². The lowest BCUT2D eigenvalue weighted by atomic mass is 10.0. The van der Waals surface area contributed by atoms with Crippen molar-refractivity contribution in [2.45, 2.75) is 0 Å². The van der Waals surface area contributed by atoms with Gasteiger partial charge in [-0.3, -0.25) is 14.4 Å². The zero-order chi connectivity index (χ0) is 13.9. The van der Waals surface area contributed by atoms with Crippen LogP contribution >= 0.6 is 28.5 Å². The molecule has 0 fully saturated rings. The maximum Gasteiger partial charge on any atom is 0.345 e. The van der Waals surface area contributed by atoms with E-state index in [1.54, 1.807) is 24.3 Å². The smallest absolute Gasteiger partial charge is 0.279 e. The van der Waals surface area contributed by atoms with E-state index in [0.717, 1.165) is 11.1 Å². The summed E-state index contributed by atoms with van der Waals surface area (Å²) in [5.41, 5.74) is 2.38. The summed E-state index contributed by atoms with van der Waals surface area (Å²) >= 11 is 10.6. The SMILES string of the molecule is O=C(NP(=O)(Cl)Cl)c1ccc(-c2ccccc2)cc1. The van der Waals surface area contributed by atoms with E-state index in [4.69, 9.17) is 22.5 Å². The highest BCUT2D eigenvalue weighted by atomic mass is 35.9. The molecule has 0 aliphatic rings. The number of benzene rings is 2. The van der Waals surface area contributed by atoms with Crippen molar-refractivity contribution in [2.24, 2.45) is 0 Å². The maximum absolute atomic E-state index is 11.7. The van der Waals surface area contributed by atoms with Gasteiger partial charge < -0.3 is 0 Å². The highest BCUT2D eigenvalue weighted by molar-refractivity contribution is 8.07. The minimum Gasteiger partial charge on any atom is -0.279 e. The summed E-state index contributed by atoms with van der Waals surface area (Å²) in [7, 11) is 0. The van der Waals surface area contributed by atoms with Crippen LogP contribution in [0, 0.1) is 0 Å². The summed E-state index contributed by atoms with van der Waals surface area (Å²) in [4.78, 5) is 11.7. The predicted octanol–water partition coefficient (Wildman–Crippen LogP) is 4.67. The molecular weight excluding hydrogens is 304 g/mol. The molecule has 1 N–H and O–H groups in total. The Balaban J connectivity index is 2.20. The molecule has 0 saturated heterocycles. The normalized spacial score (nSPS) is 11.1. The van der Waals surface area contributed by atoms with E-state index in [2.05, 4.69) is 0 Å². The van der Waals surface area contributed by atoms with Gasteiger partial charge >= 0.3 is 6.00 Å². The topological polar surface area (TPSA) is 46.2 Å². The number of carbonyl (C=O) groups is 1. The molecule has 0 saturated carbocycles. The van der Waals surface area contributed by atoms with Gasteiger partial charge in [-0.2, -0.15) is 0 Å². The monoisotopic (exact) mass is 313 g/mol. The Morgan fingerprint density at radius 1 is 0.895 bits per heavy atom. The van der Waals surface area contributed by atoms with Crippen molar-refractivity contribution in [3.05, 3.63) is 60.2 Å². The molecule has 2 aromatic rings. The predicted molar refractivity (Wildman–Crippen MR) is 78.7 cm³/mol. The standard InChI is InChI=1S/C13H10Cl2NO2P/c14-19(15,18)16-13(17)12-8-6-11(7-9-12)10-4-2-1-3-5-10/h1-9H,(H,16,17,18). The third-order valence-electron chi connectivity index (χ3n) is 2.49. The van der Waals surface area contributed by atoms with Crippen molar-refractivity contribution in [1.29, 1.82) is 0 Å². The Labute approximate surface area is 120 Å². The highest BCUT2D eigenvalue weighted by Crippen LogP contribution is 2.52. The van der Waals surface area contributed by atoms with Gasteiger partial charge in [-0.25, -0.2) is 0 Å². The summed E-state index contributed by atoms with van der Waals surface area (Å²) in [5.74, 6) is -4.17. The molecule has 2 rings (SSSR count). The summed E-state index contributed by atoms with van der Waals surface area (Å²) in [6, 6.07) is 16.6. The van der Waals surface area contributed by atoms with Crippen molar-refractivity contribution in [3.63, 3.8) is 0 Å². The first-order chi connectivity index (χ1) is 8.96. The molecule has 0 aliphatic heterocycles. The molecule has 0 aromatic heterocycles. The first kappa shape index (κ1) is 14.1. The molecule has 3 nitrogen and oxygen atoms in total. The molecule has 1 amide bonds. The lowest BCUT2D eigenvalue weighted by Crippen LogP contribution is -2.16. The zero-order valence-electron chi connectivity index (χ0n) is 9.72. The van der Waals surface area contributed by atoms with Gasteiger partial charge in [0.15, 0.2) is 0 Å². The minimum absolute atomic E-state index is 0.348. The Kier molecular flexibility index (Phi) is 4.31. The number of hydrogen-bond acceptors (Lipinski definition) is 2. The van der Waals surface area contributed by atoms with Crippen LogP contribution in [0.1, 0.15) is 10.4 Å². The molecule has 0 unspecified atom stereocenters. The number of rotatable bonds is 3. The molecule has 2 aromatic carbocycles. The first-order valence-corrected chi connectivity index (χ1v) is 8.95. The molecule has 0 bridgehead atoms. The van der Waals surface area contributed by atoms with Crippen molar-refractivity contribution >= 4 is 34.4 Å². The second-order valence-electron chi connectivity index (χ2n) is 3.85. The molecule has 98 valence electrons. The van der Waals surface area contributed by atoms with E-state index in [-0.39, 0.29) is 0 Å². The third-order valence-corrected chi connectivity index (χ3v) is 3.46. The van der Waals surface area contributed by atoms with Crippen molar-refractivity contribution in [3.8, 4) is 11.1 Å². The van der Waals surface area contributed by atoms with E-state index in [9.17, 15) is 9.36 Å². The number of carbonyl (C=O) groups excluding carboxylic acids is 1. The van der Waals surface area contributed by atoms with Crippen molar-refractivity contribution in [1.82, 2.24) is 5.09 Å². The van der Waals surface area contributed by atoms with Crippen LogP contribution in [0.5, 0.6) is 0 Å². The molecule has 0 spiro atoms. The van der Waals surface area contributed by atoms with Gasteiger partial charge in [0, 0.05) is 5.56 Å². The Bertz CT molecular complexity index is 623. The summed E-state index contributed by atoms with van der Waals surface area (Å²) in [5, 5.41) is 2.04. The van der Waals surface area contributed by atoms with E-state index in [1.165, 1.54) is 0 Å². The fraction of sp³-hybridized carbons (Fsp3) is 0. The van der Waals surface area contributed by atoms with Gasteiger partial charge in [0.25, 0.3) is 5.91 Å². The van der Waals surface area contributed by atoms with Gasteiger partial charge in [-0.15, -0.1) is 0 Å². The Morgan fingerprint density at radius 3 is 1.95 bits per heavy atom. The molecule has 19 heavy (non-hydrogen) atoms. The van der Waals surface area contributed by atoms with Gasteiger partial charge in [0.1, 0.15) is 0 Å². The Hall–Kier alpha value is -1.28. The molecule has 0 heterocycles.